The molecule has 26 heavy (non-hydrogen) atoms. The van der Waals surface area contributed by atoms with Crippen molar-refractivity contribution in [2.75, 3.05) is 26.8 Å². The van der Waals surface area contributed by atoms with Gasteiger partial charge < -0.3 is 20.1 Å². The molecule has 6 heteroatoms. The third-order valence-corrected chi connectivity index (χ3v) is 3.62. The van der Waals surface area contributed by atoms with Crippen molar-refractivity contribution < 1.29 is 19.1 Å². The molecular formula is C20H24N2O4. The van der Waals surface area contributed by atoms with Crippen molar-refractivity contribution in [2.24, 2.45) is 0 Å². The highest BCUT2D eigenvalue weighted by atomic mass is 16.5. The van der Waals surface area contributed by atoms with Crippen molar-refractivity contribution in [1.82, 2.24) is 10.6 Å². The largest absolute Gasteiger partial charge is 0.489 e. The van der Waals surface area contributed by atoms with Crippen LogP contribution in [0.4, 0.5) is 0 Å². The molecule has 0 aromatic heterocycles. The molecule has 6 nitrogen and oxygen atoms in total. The molecule has 0 saturated carbocycles. The van der Waals surface area contributed by atoms with Gasteiger partial charge in [0.15, 0.2) is 0 Å². The second-order valence-electron chi connectivity index (χ2n) is 5.83. The molecule has 0 bridgehead atoms. The van der Waals surface area contributed by atoms with E-state index in [0.29, 0.717) is 31.1 Å². The number of nitrogens with one attached hydrogen (secondary N) is 2. The van der Waals surface area contributed by atoms with E-state index < -0.39 is 0 Å². The number of hydrogen-bond donors (Lipinski definition) is 2. The van der Waals surface area contributed by atoms with Crippen LogP contribution in [0, 0.1) is 6.92 Å². The number of ether oxygens (including phenoxy) is 2. The maximum Gasteiger partial charge on any atom is 0.251 e. The predicted molar refractivity (Wildman–Crippen MR) is 99.2 cm³/mol. The van der Waals surface area contributed by atoms with Gasteiger partial charge in [0, 0.05) is 19.2 Å². The Balaban J connectivity index is 1.85. The van der Waals surface area contributed by atoms with E-state index in [1.54, 1.807) is 31.4 Å². The van der Waals surface area contributed by atoms with Gasteiger partial charge >= 0.3 is 0 Å². The minimum Gasteiger partial charge on any atom is -0.489 e. The van der Waals surface area contributed by atoms with Gasteiger partial charge in [-0.25, -0.2) is 0 Å². The molecule has 0 saturated heterocycles. The van der Waals surface area contributed by atoms with Gasteiger partial charge in [0.25, 0.3) is 5.91 Å². The molecule has 2 amide bonds. The van der Waals surface area contributed by atoms with E-state index in [4.69, 9.17) is 9.47 Å². The summed E-state index contributed by atoms with van der Waals surface area (Å²) in [7, 11) is 1.56. The molecule has 2 aromatic carbocycles. The second-order valence-corrected chi connectivity index (χ2v) is 5.83. The molecule has 2 N–H and O–H groups in total. The van der Waals surface area contributed by atoms with Gasteiger partial charge in [-0.2, -0.15) is 0 Å². The predicted octanol–water partition coefficient (Wildman–Crippen LogP) is 2.07. The van der Waals surface area contributed by atoms with Crippen LogP contribution >= 0.6 is 0 Å². The third-order valence-electron chi connectivity index (χ3n) is 3.62. The van der Waals surface area contributed by atoms with E-state index in [0.717, 1.165) is 5.56 Å². The molecule has 0 heterocycles. The first-order valence-electron chi connectivity index (χ1n) is 8.40. The Kier molecular flexibility index (Phi) is 7.64. The van der Waals surface area contributed by atoms with Crippen LogP contribution in [0.3, 0.4) is 0 Å². The first-order chi connectivity index (χ1) is 12.6. The van der Waals surface area contributed by atoms with E-state index in [-0.39, 0.29) is 18.4 Å². The van der Waals surface area contributed by atoms with Crippen molar-refractivity contribution in [3.05, 3.63) is 65.2 Å². The summed E-state index contributed by atoms with van der Waals surface area (Å²) in [5.74, 6) is 0.0128. The average molecular weight is 356 g/mol. The summed E-state index contributed by atoms with van der Waals surface area (Å²) in [6.07, 6.45) is 0. The van der Waals surface area contributed by atoms with Gasteiger partial charge in [0.05, 0.1) is 13.2 Å². The fourth-order valence-corrected chi connectivity index (χ4v) is 2.31. The Morgan fingerprint density at radius 1 is 1.04 bits per heavy atom. The zero-order valence-corrected chi connectivity index (χ0v) is 15.1. The highest BCUT2D eigenvalue weighted by Gasteiger charge is 2.09. The lowest BCUT2D eigenvalue weighted by Gasteiger charge is -2.09. The minimum absolute atomic E-state index is 0.0864. The number of amides is 2. The van der Waals surface area contributed by atoms with Crippen LogP contribution in [-0.2, 0) is 16.1 Å². The van der Waals surface area contributed by atoms with Crippen molar-refractivity contribution >= 4 is 11.8 Å². The number of benzene rings is 2. The fourth-order valence-electron chi connectivity index (χ4n) is 2.31. The molecule has 0 atom stereocenters. The smallest absolute Gasteiger partial charge is 0.251 e. The van der Waals surface area contributed by atoms with Crippen LogP contribution in [0.25, 0.3) is 0 Å². The van der Waals surface area contributed by atoms with Crippen LogP contribution in [0.2, 0.25) is 0 Å². The fraction of sp³-hybridized carbons (Fsp3) is 0.300. The lowest BCUT2D eigenvalue weighted by atomic mass is 10.1. The molecule has 2 aromatic rings. The Morgan fingerprint density at radius 2 is 1.85 bits per heavy atom. The monoisotopic (exact) mass is 356 g/mol. The molecule has 0 fully saturated rings. The highest BCUT2D eigenvalue weighted by Crippen LogP contribution is 2.15. The quantitative estimate of drug-likeness (QED) is 0.675. The average Bonchev–Trinajstić information content (AvgIpc) is 2.65. The van der Waals surface area contributed by atoms with Crippen molar-refractivity contribution in [1.29, 1.82) is 0 Å². The maximum atomic E-state index is 12.2. The minimum atomic E-state index is -0.326. The number of aryl methyl sites for hydroxylation is 1. The summed E-state index contributed by atoms with van der Waals surface area (Å²) in [5.41, 5.74) is 2.67. The van der Waals surface area contributed by atoms with Crippen molar-refractivity contribution in [3.63, 3.8) is 0 Å². The Morgan fingerprint density at radius 3 is 2.62 bits per heavy atom. The van der Waals surface area contributed by atoms with Gasteiger partial charge in [-0.15, -0.1) is 0 Å². The lowest BCUT2D eigenvalue weighted by molar-refractivity contribution is -0.120. The third kappa shape index (κ3) is 6.57. The van der Waals surface area contributed by atoms with Gasteiger partial charge in [-0.05, 0) is 30.7 Å². The number of rotatable bonds is 9. The van der Waals surface area contributed by atoms with Crippen LogP contribution < -0.4 is 15.4 Å². The summed E-state index contributed by atoms with van der Waals surface area (Å²) >= 11 is 0. The second kappa shape index (κ2) is 10.2. The standard InChI is InChI=1S/C20H24N2O4/c1-15-5-3-6-16(11-15)14-26-18-8-4-7-17(12-18)20(24)22-13-19(23)21-9-10-25-2/h3-8,11-12H,9-10,13-14H2,1-2H3,(H,21,23)(H,22,24). The molecule has 0 aliphatic rings. The highest BCUT2D eigenvalue weighted by molar-refractivity contribution is 5.96. The van der Waals surface area contributed by atoms with Gasteiger partial charge in [0.2, 0.25) is 5.91 Å². The molecule has 2 rings (SSSR count). The number of methoxy groups -OCH3 is 1. The molecule has 138 valence electrons. The Bertz CT molecular complexity index is 746. The molecule has 0 spiro atoms. The molecule has 0 aliphatic carbocycles. The molecule has 0 aliphatic heterocycles. The maximum absolute atomic E-state index is 12.2. The van der Waals surface area contributed by atoms with E-state index in [1.807, 2.05) is 25.1 Å². The Labute approximate surface area is 153 Å². The van der Waals surface area contributed by atoms with Crippen LogP contribution in [0.1, 0.15) is 21.5 Å². The van der Waals surface area contributed by atoms with Crippen molar-refractivity contribution in [2.45, 2.75) is 13.5 Å². The summed E-state index contributed by atoms with van der Waals surface area (Å²) in [4.78, 5) is 23.8. The summed E-state index contributed by atoms with van der Waals surface area (Å²) in [6.45, 7) is 3.21. The van der Waals surface area contributed by atoms with E-state index in [1.165, 1.54) is 5.56 Å². The van der Waals surface area contributed by atoms with Gasteiger partial charge in [-0.3, -0.25) is 9.59 Å². The summed E-state index contributed by atoms with van der Waals surface area (Å²) in [5, 5.41) is 5.23. The first kappa shape index (κ1) is 19.5. The number of carbonyl (C=O) groups is 2. The van der Waals surface area contributed by atoms with E-state index in [2.05, 4.69) is 16.7 Å². The van der Waals surface area contributed by atoms with Gasteiger partial charge in [-0.1, -0.05) is 35.9 Å². The Hall–Kier alpha value is -2.86. The number of carbonyl (C=O) groups excluding carboxylic acids is 2. The zero-order valence-electron chi connectivity index (χ0n) is 15.1. The zero-order chi connectivity index (χ0) is 18.8. The summed E-state index contributed by atoms with van der Waals surface area (Å²) in [6, 6.07) is 14.9. The first-order valence-corrected chi connectivity index (χ1v) is 8.40. The van der Waals surface area contributed by atoms with E-state index >= 15 is 0 Å². The number of hydrogen-bond acceptors (Lipinski definition) is 4. The van der Waals surface area contributed by atoms with Crippen molar-refractivity contribution in [3.8, 4) is 5.75 Å². The van der Waals surface area contributed by atoms with Crippen LogP contribution in [0.15, 0.2) is 48.5 Å². The molecule has 0 radical (unpaired) electrons. The lowest BCUT2D eigenvalue weighted by Crippen LogP contribution is -2.38. The summed E-state index contributed by atoms with van der Waals surface area (Å²) < 4.78 is 10.6. The molecule has 0 unspecified atom stereocenters. The normalized spacial score (nSPS) is 10.2. The topological polar surface area (TPSA) is 76.7 Å². The molecular weight excluding hydrogens is 332 g/mol. The van der Waals surface area contributed by atoms with Crippen LogP contribution in [-0.4, -0.2) is 38.6 Å². The van der Waals surface area contributed by atoms with Gasteiger partial charge in [0.1, 0.15) is 12.4 Å². The SMILES string of the molecule is COCCNC(=O)CNC(=O)c1cccc(OCc2cccc(C)c2)c1. The van der Waals surface area contributed by atoms with Crippen LogP contribution in [0.5, 0.6) is 5.75 Å². The van der Waals surface area contributed by atoms with E-state index in [9.17, 15) is 9.59 Å².